The van der Waals surface area contributed by atoms with Crippen LogP contribution in [0.4, 0.5) is 0 Å². The van der Waals surface area contributed by atoms with E-state index < -0.39 is 0 Å². The van der Waals surface area contributed by atoms with E-state index in [2.05, 4.69) is 22.0 Å². The summed E-state index contributed by atoms with van der Waals surface area (Å²) in [6.45, 7) is 6.97. The number of ether oxygens (including phenoxy) is 1. The monoisotopic (exact) mass is 322 g/mol. The van der Waals surface area contributed by atoms with Gasteiger partial charge in [-0.05, 0) is 71.0 Å². The second kappa shape index (κ2) is 14.5. The highest BCUT2D eigenvalue weighted by molar-refractivity contribution is 5.32. The highest BCUT2D eigenvalue weighted by Gasteiger charge is 2.00. The van der Waals surface area contributed by atoms with Gasteiger partial charge in [0.2, 0.25) is 0 Å². The molecule has 1 rings (SSSR count). The zero-order valence-corrected chi connectivity index (χ0v) is 14.6. The number of benzene rings is 1. The smallest absolute Gasteiger partial charge is 0.123 e. The number of unbranched alkanes of at least 4 members (excludes halogenated alkanes) is 1. The van der Waals surface area contributed by atoms with E-state index in [-0.39, 0.29) is 0 Å². The predicted molar refractivity (Wildman–Crippen MR) is 98.0 cm³/mol. The first kappa shape index (κ1) is 19.9. The van der Waals surface area contributed by atoms with E-state index in [0.717, 1.165) is 64.4 Å². The van der Waals surface area contributed by atoms with E-state index in [1.54, 1.807) is 7.11 Å². The Morgan fingerprint density at radius 3 is 2.13 bits per heavy atom. The van der Waals surface area contributed by atoms with Crippen LogP contribution in [0.15, 0.2) is 24.3 Å². The molecular formula is C18H34N4O. The van der Waals surface area contributed by atoms with Gasteiger partial charge >= 0.3 is 0 Å². The van der Waals surface area contributed by atoms with Crippen molar-refractivity contribution in [2.45, 2.75) is 32.2 Å². The summed E-state index contributed by atoms with van der Waals surface area (Å²) >= 11 is 0. The molecular weight excluding hydrogens is 288 g/mol. The quantitative estimate of drug-likeness (QED) is 0.368. The molecule has 0 aliphatic carbocycles. The zero-order chi connectivity index (χ0) is 16.6. The molecule has 23 heavy (non-hydrogen) atoms. The maximum Gasteiger partial charge on any atom is 0.123 e. The van der Waals surface area contributed by atoms with Gasteiger partial charge in [0.05, 0.1) is 7.11 Å². The van der Waals surface area contributed by atoms with Crippen molar-refractivity contribution >= 4 is 0 Å². The normalized spacial score (nSPS) is 10.9. The third-order valence-electron chi connectivity index (χ3n) is 3.73. The fourth-order valence-electron chi connectivity index (χ4n) is 2.39. The number of methoxy groups -OCH3 is 1. The third kappa shape index (κ3) is 10.3. The lowest BCUT2D eigenvalue weighted by molar-refractivity contribution is 0.407. The van der Waals surface area contributed by atoms with E-state index in [1.807, 2.05) is 18.2 Å². The van der Waals surface area contributed by atoms with Gasteiger partial charge in [0.1, 0.15) is 5.75 Å². The molecule has 1 aromatic carbocycles. The van der Waals surface area contributed by atoms with E-state index in [1.165, 1.54) is 18.4 Å². The fraction of sp³-hybridized carbons (Fsp3) is 0.667. The van der Waals surface area contributed by atoms with Crippen LogP contribution in [0, 0.1) is 0 Å². The van der Waals surface area contributed by atoms with Gasteiger partial charge in [-0.25, -0.2) is 0 Å². The second-order valence-electron chi connectivity index (χ2n) is 5.69. The molecule has 5 nitrogen and oxygen atoms in total. The number of rotatable bonds is 15. The summed E-state index contributed by atoms with van der Waals surface area (Å²) in [6, 6.07) is 8.15. The SMILES string of the molecule is COc1ccccc1CNCCCNCCCCNCCCN. The highest BCUT2D eigenvalue weighted by Crippen LogP contribution is 2.16. The number of para-hydroxylation sites is 1. The minimum absolute atomic E-state index is 0.777. The van der Waals surface area contributed by atoms with Crippen molar-refractivity contribution in [2.75, 3.05) is 46.4 Å². The summed E-state index contributed by atoms with van der Waals surface area (Å²) in [7, 11) is 1.72. The lowest BCUT2D eigenvalue weighted by Crippen LogP contribution is -2.24. The molecule has 132 valence electrons. The van der Waals surface area contributed by atoms with E-state index in [9.17, 15) is 0 Å². The van der Waals surface area contributed by atoms with Crippen molar-refractivity contribution in [3.05, 3.63) is 29.8 Å². The van der Waals surface area contributed by atoms with Crippen molar-refractivity contribution in [1.29, 1.82) is 0 Å². The van der Waals surface area contributed by atoms with Crippen LogP contribution in [0.2, 0.25) is 0 Å². The second-order valence-corrected chi connectivity index (χ2v) is 5.69. The summed E-state index contributed by atoms with van der Waals surface area (Å²) in [5.41, 5.74) is 6.66. The number of nitrogens with one attached hydrogen (secondary N) is 3. The molecule has 5 heteroatoms. The van der Waals surface area contributed by atoms with Gasteiger partial charge in [-0.2, -0.15) is 0 Å². The minimum atomic E-state index is 0.777. The van der Waals surface area contributed by atoms with Crippen LogP contribution in [0.1, 0.15) is 31.2 Å². The van der Waals surface area contributed by atoms with Crippen molar-refractivity contribution in [3.63, 3.8) is 0 Å². The van der Waals surface area contributed by atoms with Gasteiger partial charge in [0.25, 0.3) is 0 Å². The molecule has 0 radical (unpaired) electrons. The van der Waals surface area contributed by atoms with Crippen LogP contribution in [0.3, 0.4) is 0 Å². The Bertz CT molecular complexity index is 387. The van der Waals surface area contributed by atoms with Gasteiger partial charge in [-0.1, -0.05) is 18.2 Å². The Morgan fingerprint density at radius 1 is 0.826 bits per heavy atom. The van der Waals surface area contributed by atoms with Gasteiger partial charge in [-0.3, -0.25) is 0 Å². The molecule has 0 bridgehead atoms. The first-order valence-corrected chi connectivity index (χ1v) is 8.82. The maximum atomic E-state index is 5.45. The van der Waals surface area contributed by atoms with Crippen molar-refractivity contribution in [1.82, 2.24) is 16.0 Å². The van der Waals surface area contributed by atoms with E-state index in [4.69, 9.17) is 10.5 Å². The van der Waals surface area contributed by atoms with Gasteiger partial charge in [0, 0.05) is 12.1 Å². The lowest BCUT2D eigenvalue weighted by atomic mass is 10.2. The Hall–Kier alpha value is -1.14. The topological polar surface area (TPSA) is 71.3 Å². The Balaban J connectivity index is 1.86. The molecule has 0 unspecified atom stereocenters. The fourth-order valence-corrected chi connectivity index (χ4v) is 2.39. The molecule has 1 aromatic rings. The van der Waals surface area contributed by atoms with Crippen LogP contribution in [-0.4, -0.2) is 46.4 Å². The molecule has 0 heterocycles. The minimum Gasteiger partial charge on any atom is -0.496 e. The largest absolute Gasteiger partial charge is 0.496 e. The van der Waals surface area contributed by atoms with Gasteiger partial charge in [0.15, 0.2) is 0 Å². The van der Waals surface area contributed by atoms with Crippen LogP contribution >= 0.6 is 0 Å². The van der Waals surface area contributed by atoms with Gasteiger partial charge in [-0.15, -0.1) is 0 Å². The average molecular weight is 322 g/mol. The van der Waals surface area contributed by atoms with Crippen LogP contribution in [0.25, 0.3) is 0 Å². The molecule has 0 aliphatic rings. The number of hydrogen-bond acceptors (Lipinski definition) is 5. The average Bonchev–Trinajstić information content (AvgIpc) is 2.59. The van der Waals surface area contributed by atoms with Crippen molar-refractivity contribution < 1.29 is 4.74 Å². The summed E-state index contributed by atoms with van der Waals surface area (Å²) in [6.07, 6.45) is 4.66. The molecule has 0 aliphatic heterocycles. The highest BCUT2D eigenvalue weighted by atomic mass is 16.5. The zero-order valence-electron chi connectivity index (χ0n) is 14.6. The summed E-state index contributed by atoms with van der Waals surface area (Å²) in [5.74, 6) is 0.957. The third-order valence-corrected chi connectivity index (χ3v) is 3.73. The molecule has 0 saturated heterocycles. The summed E-state index contributed by atoms with van der Waals surface area (Å²) < 4.78 is 5.35. The maximum absolute atomic E-state index is 5.45. The van der Waals surface area contributed by atoms with Gasteiger partial charge < -0.3 is 26.4 Å². The van der Waals surface area contributed by atoms with Crippen LogP contribution in [0.5, 0.6) is 5.75 Å². The molecule has 0 amide bonds. The molecule has 0 spiro atoms. The van der Waals surface area contributed by atoms with Crippen molar-refractivity contribution in [3.8, 4) is 5.75 Å². The first-order chi connectivity index (χ1) is 11.4. The number of nitrogens with two attached hydrogens (primary N) is 1. The van der Waals surface area contributed by atoms with E-state index in [0.29, 0.717) is 0 Å². The predicted octanol–water partition coefficient (Wildman–Crippen LogP) is 1.48. The standard InChI is InChI=1S/C18H34N4O/c1-23-18-9-3-2-8-17(18)16-22-15-7-14-21-12-5-4-11-20-13-6-10-19/h2-3,8-9,20-22H,4-7,10-16,19H2,1H3. The first-order valence-electron chi connectivity index (χ1n) is 8.82. The summed E-state index contributed by atoms with van der Waals surface area (Å²) in [4.78, 5) is 0. The summed E-state index contributed by atoms with van der Waals surface area (Å²) in [5, 5.41) is 10.4. The Labute approximate surface area is 141 Å². The molecule has 0 saturated carbocycles. The molecule has 0 atom stereocenters. The lowest BCUT2D eigenvalue weighted by Gasteiger charge is -2.10. The molecule has 0 aromatic heterocycles. The molecule has 0 fully saturated rings. The van der Waals surface area contributed by atoms with Crippen LogP contribution < -0.4 is 26.4 Å². The molecule has 5 N–H and O–H groups in total. The van der Waals surface area contributed by atoms with Crippen molar-refractivity contribution in [2.24, 2.45) is 5.73 Å². The Kier molecular flexibility index (Phi) is 12.5. The van der Waals surface area contributed by atoms with E-state index >= 15 is 0 Å². The van der Waals surface area contributed by atoms with Crippen LogP contribution in [-0.2, 0) is 6.54 Å². The number of hydrogen-bond donors (Lipinski definition) is 4. The Morgan fingerprint density at radius 2 is 1.43 bits per heavy atom.